The summed E-state index contributed by atoms with van der Waals surface area (Å²) in [5, 5.41) is 2.37. The van der Waals surface area contributed by atoms with Gasteiger partial charge in [0.1, 0.15) is 11.6 Å². The Morgan fingerprint density at radius 2 is 1.55 bits per heavy atom. The molecule has 0 spiro atoms. The molecule has 0 saturated heterocycles. The summed E-state index contributed by atoms with van der Waals surface area (Å²) in [7, 11) is 0. The molecule has 0 N–H and O–H groups in total. The molecular formula is C17H13Cl2NOS. The Bertz CT molecular complexity index is 766. The third kappa shape index (κ3) is 3.61. The first-order valence-electron chi connectivity index (χ1n) is 6.72. The van der Waals surface area contributed by atoms with Crippen molar-refractivity contribution in [2.24, 2.45) is 0 Å². The number of nitrogens with zero attached hydrogens (tertiary/aromatic N) is 1. The maximum absolute atomic E-state index is 5.91. The van der Waals surface area contributed by atoms with Crippen LogP contribution in [-0.4, -0.2) is 4.98 Å². The summed E-state index contributed by atoms with van der Waals surface area (Å²) in [6.45, 7) is 2.48. The minimum atomic E-state index is 0.474. The summed E-state index contributed by atoms with van der Waals surface area (Å²) in [6.07, 6.45) is 0. The number of halogens is 2. The van der Waals surface area contributed by atoms with Gasteiger partial charge in [-0.2, -0.15) is 0 Å². The van der Waals surface area contributed by atoms with Crippen molar-refractivity contribution in [2.75, 3.05) is 0 Å². The summed E-state index contributed by atoms with van der Waals surface area (Å²) in [5.74, 6) is 0.671. The summed E-state index contributed by atoms with van der Waals surface area (Å²) in [4.78, 5) is 5.62. The second-order valence-electron chi connectivity index (χ2n) is 4.80. The molecule has 0 amide bonds. The van der Waals surface area contributed by atoms with E-state index in [0.29, 0.717) is 12.5 Å². The Kier molecular flexibility index (Phi) is 4.67. The highest BCUT2D eigenvalue weighted by molar-refractivity contribution is 7.15. The molecular weight excluding hydrogens is 337 g/mol. The van der Waals surface area contributed by atoms with Crippen LogP contribution < -0.4 is 4.74 Å². The minimum absolute atomic E-state index is 0.474. The molecule has 0 bridgehead atoms. The van der Waals surface area contributed by atoms with Gasteiger partial charge in [0.2, 0.25) is 5.88 Å². The van der Waals surface area contributed by atoms with Crippen molar-refractivity contribution >= 4 is 34.5 Å². The second kappa shape index (κ2) is 6.69. The molecule has 0 unspecified atom stereocenters. The van der Waals surface area contributed by atoms with Gasteiger partial charge in [-0.3, -0.25) is 0 Å². The Morgan fingerprint density at radius 3 is 2.18 bits per heavy atom. The van der Waals surface area contributed by atoms with Crippen LogP contribution in [0.25, 0.3) is 10.6 Å². The number of aryl methyl sites for hydroxylation is 1. The fourth-order valence-corrected chi connectivity index (χ4v) is 3.08. The van der Waals surface area contributed by atoms with E-state index in [2.05, 4.69) is 4.98 Å². The zero-order valence-electron chi connectivity index (χ0n) is 11.8. The first kappa shape index (κ1) is 15.3. The highest BCUT2D eigenvalue weighted by Crippen LogP contribution is 2.32. The largest absolute Gasteiger partial charge is 0.472 e. The maximum Gasteiger partial charge on any atom is 0.228 e. The average Bonchev–Trinajstić information content (AvgIpc) is 2.88. The van der Waals surface area contributed by atoms with E-state index in [0.717, 1.165) is 31.1 Å². The molecule has 0 radical (unpaired) electrons. The van der Waals surface area contributed by atoms with Crippen LogP contribution in [0.15, 0.2) is 48.5 Å². The molecule has 5 heteroatoms. The molecule has 112 valence electrons. The van der Waals surface area contributed by atoms with Gasteiger partial charge in [-0.05, 0) is 36.8 Å². The molecule has 1 heterocycles. The average molecular weight is 350 g/mol. The number of thiazole rings is 1. The third-order valence-corrected chi connectivity index (χ3v) is 4.64. The quantitative estimate of drug-likeness (QED) is 0.575. The van der Waals surface area contributed by atoms with Gasteiger partial charge in [0, 0.05) is 15.6 Å². The van der Waals surface area contributed by atoms with E-state index in [9.17, 15) is 0 Å². The van der Waals surface area contributed by atoms with Crippen LogP contribution in [0.3, 0.4) is 0 Å². The van der Waals surface area contributed by atoms with E-state index in [1.54, 1.807) is 11.3 Å². The Balaban J connectivity index is 1.75. The van der Waals surface area contributed by atoms with Crippen molar-refractivity contribution in [2.45, 2.75) is 13.5 Å². The van der Waals surface area contributed by atoms with Crippen LogP contribution >= 0.6 is 34.5 Å². The van der Waals surface area contributed by atoms with Crippen molar-refractivity contribution < 1.29 is 4.74 Å². The van der Waals surface area contributed by atoms with Gasteiger partial charge in [0.05, 0.1) is 4.88 Å². The topological polar surface area (TPSA) is 22.1 Å². The van der Waals surface area contributed by atoms with Crippen molar-refractivity contribution in [1.29, 1.82) is 0 Å². The Labute approximate surface area is 143 Å². The smallest absolute Gasteiger partial charge is 0.228 e. The lowest BCUT2D eigenvalue weighted by molar-refractivity contribution is 0.294. The van der Waals surface area contributed by atoms with Crippen LogP contribution in [0, 0.1) is 6.92 Å². The van der Waals surface area contributed by atoms with E-state index >= 15 is 0 Å². The zero-order chi connectivity index (χ0) is 15.5. The fraction of sp³-hybridized carbons (Fsp3) is 0.118. The minimum Gasteiger partial charge on any atom is -0.472 e. The normalized spacial score (nSPS) is 10.7. The lowest BCUT2D eigenvalue weighted by atomic mass is 10.2. The van der Waals surface area contributed by atoms with E-state index < -0.39 is 0 Å². The summed E-state index contributed by atoms with van der Waals surface area (Å²) < 4.78 is 5.82. The van der Waals surface area contributed by atoms with E-state index in [1.807, 2.05) is 55.5 Å². The summed E-state index contributed by atoms with van der Waals surface area (Å²) in [6, 6.07) is 15.3. The van der Waals surface area contributed by atoms with Gasteiger partial charge in [0.15, 0.2) is 0 Å². The molecule has 0 atom stereocenters. The van der Waals surface area contributed by atoms with Crippen LogP contribution in [0.1, 0.15) is 10.4 Å². The Hall–Kier alpha value is -1.55. The molecule has 3 aromatic rings. The van der Waals surface area contributed by atoms with Gasteiger partial charge >= 0.3 is 0 Å². The number of hydrogen-bond donors (Lipinski definition) is 0. The van der Waals surface area contributed by atoms with Gasteiger partial charge in [-0.15, -0.1) is 11.3 Å². The number of hydrogen-bond acceptors (Lipinski definition) is 3. The standard InChI is InChI=1S/C17H13Cl2NOS/c1-11-16(21-10-12-2-6-14(18)7-3-12)20-17(22-11)13-4-8-15(19)9-5-13/h2-9H,10H2,1H3. The first-order chi connectivity index (χ1) is 10.6. The fourth-order valence-electron chi connectivity index (χ4n) is 1.96. The number of benzene rings is 2. The molecule has 2 aromatic carbocycles. The maximum atomic E-state index is 5.91. The predicted octanol–water partition coefficient (Wildman–Crippen LogP) is 6.00. The zero-order valence-corrected chi connectivity index (χ0v) is 14.2. The van der Waals surface area contributed by atoms with Gasteiger partial charge in [-0.1, -0.05) is 47.5 Å². The predicted molar refractivity (Wildman–Crippen MR) is 93.1 cm³/mol. The van der Waals surface area contributed by atoms with E-state index in [1.165, 1.54) is 0 Å². The molecule has 2 nitrogen and oxygen atoms in total. The van der Waals surface area contributed by atoms with Gasteiger partial charge < -0.3 is 4.74 Å². The molecule has 1 aromatic heterocycles. The van der Waals surface area contributed by atoms with E-state index in [-0.39, 0.29) is 0 Å². The highest BCUT2D eigenvalue weighted by atomic mass is 35.5. The van der Waals surface area contributed by atoms with Crippen LogP contribution in [0.4, 0.5) is 0 Å². The van der Waals surface area contributed by atoms with Crippen LogP contribution in [0.2, 0.25) is 10.0 Å². The molecule has 22 heavy (non-hydrogen) atoms. The molecule has 0 fully saturated rings. The number of aromatic nitrogens is 1. The SMILES string of the molecule is Cc1sc(-c2ccc(Cl)cc2)nc1OCc1ccc(Cl)cc1. The number of rotatable bonds is 4. The summed E-state index contributed by atoms with van der Waals surface area (Å²) in [5.41, 5.74) is 2.10. The van der Waals surface area contributed by atoms with E-state index in [4.69, 9.17) is 27.9 Å². The molecule has 0 aliphatic carbocycles. The number of ether oxygens (including phenoxy) is 1. The monoisotopic (exact) mass is 349 g/mol. The lowest BCUT2D eigenvalue weighted by Crippen LogP contribution is -1.96. The first-order valence-corrected chi connectivity index (χ1v) is 8.29. The summed E-state index contributed by atoms with van der Waals surface area (Å²) >= 11 is 13.4. The van der Waals surface area contributed by atoms with Crippen molar-refractivity contribution in [3.05, 3.63) is 69.0 Å². The van der Waals surface area contributed by atoms with Gasteiger partial charge in [0.25, 0.3) is 0 Å². The molecule has 0 aliphatic rings. The van der Waals surface area contributed by atoms with Crippen molar-refractivity contribution in [3.8, 4) is 16.5 Å². The van der Waals surface area contributed by atoms with Crippen molar-refractivity contribution in [1.82, 2.24) is 4.98 Å². The van der Waals surface area contributed by atoms with Crippen LogP contribution in [-0.2, 0) is 6.61 Å². The highest BCUT2D eigenvalue weighted by Gasteiger charge is 2.10. The molecule has 0 saturated carbocycles. The van der Waals surface area contributed by atoms with Crippen molar-refractivity contribution in [3.63, 3.8) is 0 Å². The third-order valence-electron chi connectivity index (χ3n) is 3.13. The van der Waals surface area contributed by atoms with Gasteiger partial charge in [-0.25, -0.2) is 4.98 Å². The second-order valence-corrected chi connectivity index (χ2v) is 6.88. The lowest BCUT2D eigenvalue weighted by Gasteiger charge is -2.04. The van der Waals surface area contributed by atoms with Crippen LogP contribution in [0.5, 0.6) is 5.88 Å². The molecule has 3 rings (SSSR count). The Morgan fingerprint density at radius 1 is 0.955 bits per heavy atom. The molecule has 0 aliphatic heterocycles.